The van der Waals surface area contributed by atoms with Gasteiger partial charge in [0.2, 0.25) is 5.89 Å². The minimum absolute atomic E-state index is 0.313. The van der Waals surface area contributed by atoms with Gasteiger partial charge in [-0.15, -0.1) is 10.2 Å². The molecule has 5 heteroatoms. The fourth-order valence-electron chi connectivity index (χ4n) is 1.53. The van der Waals surface area contributed by atoms with Gasteiger partial charge in [-0.1, -0.05) is 42.1 Å². The Morgan fingerprint density at radius 1 is 1.29 bits per heavy atom. The Morgan fingerprint density at radius 2 is 2.06 bits per heavy atom. The number of aryl methyl sites for hydroxylation is 1. The Morgan fingerprint density at radius 3 is 2.65 bits per heavy atom. The van der Waals surface area contributed by atoms with Crippen LogP contribution in [0.2, 0.25) is 0 Å². The molecule has 1 aromatic heterocycles. The maximum atomic E-state index is 5.79. The molecule has 0 fully saturated rings. The molecule has 17 heavy (non-hydrogen) atoms. The molecule has 1 heterocycles. The normalized spacial score (nSPS) is 12.6. The third kappa shape index (κ3) is 3.31. The van der Waals surface area contributed by atoms with Crippen molar-refractivity contribution >= 4 is 11.8 Å². The van der Waals surface area contributed by atoms with Crippen LogP contribution in [0.3, 0.4) is 0 Å². The van der Waals surface area contributed by atoms with Crippen molar-refractivity contribution in [2.45, 2.75) is 18.1 Å². The summed E-state index contributed by atoms with van der Waals surface area (Å²) < 4.78 is 5.31. The Labute approximate surface area is 105 Å². The SMILES string of the molecule is Cc1nnc(SCC(CN)c2ccccc2)o1. The number of thioether (sulfide) groups is 1. The Kier molecular flexibility index (Phi) is 4.17. The lowest BCUT2D eigenvalue weighted by Gasteiger charge is -2.13. The van der Waals surface area contributed by atoms with E-state index in [0.29, 0.717) is 23.6 Å². The second-order valence-corrected chi connectivity index (χ2v) is 4.71. The fraction of sp³-hybridized carbons (Fsp3) is 0.333. The molecule has 2 aromatic rings. The van der Waals surface area contributed by atoms with E-state index in [1.165, 1.54) is 5.56 Å². The summed E-state index contributed by atoms with van der Waals surface area (Å²) in [5, 5.41) is 8.35. The molecular formula is C12H15N3OS. The van der Waals surface area contributed by atoms with Crippen LogP contribution in [-0.4, -0.2) is 22.5 Å². The van der Waals surface area contributed by atoms with E-state index in [0.717, 1.165) is 5.75 Å². The van der Waals surface area contributed by atoms with Crippen LogP contribution in [0.15, 0.2) is 40.0 Å². The first-order valence-corrected chi connectivity index (χ1v) is 6.46. The van der Waals surface area contributed by atoms with Crippen LogP contribution in [0.5, 0.6) is 0 Å². The highest BCUT2D eigenvalue weighted by Crippen LogP contribution is 2.24. The van der Waals surface area contributed by atoms with E-state index in [1.807, 2.05) is 18.2 Å². The van der Waals surface area contributed by atoms with Gasteiger partial charge in [-0.3, -0.25) is 0 Å². The maximum Gasteiger partial charge on any atom is 0.276 e. The molecule has 0 bridgehead atoms. The van der Waals surface area contributed by atoms with Gasteiger partial charge in [0.25, 0.3) is 5.22 Å². The summed E-state index contributed by atoms with van der Waals surface area (Å²) in [4.78, 5) is 0. The highest BCUT2D eigenvalue weighted by molar-refractivity contribution is 7.99. The van der Waals surface area contributed by atoms with Gasteiger partial charge in [0.15, 0.2) is 0 Å². The molecule has 2 N–H and O–H groups in total. The summed E-state index contributed by atoms with van der Waals surface area (Å²) >= 11 is 1.55. The van der Waals surface area contributed by atoms with Gasteiger partial charge < -0.3 is 10.2 Å². The van der Waals surface area contributed by atoms with Crippen LogP contribution < -0.4 is 5.73 Å². The molecule has 0 aliphatic heterocycles. The summed E-state index contributed by atoms with van der Waals surface area (Å²) in [6.45, 7) is 2.40. The van der Waals surface area contributed by atoms with Gasteiger partial charge in [0.1, 0.15) is 0 Å². The molecule has 0 aliphatic rings. The fourth-order valence-corrected chi connectivity index (χ4v) is 2.48. The molecule has 0 radical (unpaired) electrons. The molecule has 90 valence electrons. The first-order chi connectivity index (χ1) is 8.29. The minimum Gasteiger partial charge on any atom is -0.416 e. The van der Waals surface area contributed by atoms with E-state index in [2.05, 4.69) is 22.3 Å². The summed E-state index contributed by atoms with van der Waals surface area (Å²) in [7, 11) is 0. The highest BCUT2D eigenvalue weighted by atomic mass is 32.2. The minimum atomic E-state index is 0.313. The lowest BCUT2D eigenvalue weighted by Crippen LogP contribution is -2.14. The van der Waals surface area contributed by atoms with Crippen LogP contribution in [0.25, 0.3) is 0 Å². The number of benzene rings is 1. The predicted octanol–water partition coefficient (Wildman–Crippen LogP) is 2.21. The van der Waals surface area contributed by atoms with Crippen molar-refractivity contribution in [3.63, 3.8) is 0 Å². The molecular weight excluding hydrogens is 234 g/mol. The summed E-state index contributed by atoms with van der Waals surface area (Å²) in [6, 6.07) is 10.2. The molecule has 0 saturated carbocycles. The Balaban J connectivity index is 1.97. The van der Waals surface area contributed by atoms with E-state index >= 15 is 0 Å². The molecule has 1 aromatic carbocycles. The van der Waals surface area contributed by atoms with Gasteiger partial charge in [-0.2, -0.15) is 0 Å². The van der Waals surface area contributed by atoms with Crippen molar-refractivity contribution in [2.75, 3.05) is 12.3 Å². The first kappa shape index (κ1) is 12.1. The zero-order valence-corrected chi connectivity index (χ0v) is 10.5. The quantitative estimate of drug-likeness (QED) is 0.823. The molecule has 0 spiro atoms. The molecule has 1 atom stereocenters. The number of nitrogens with two attached hydrogens (primary N) is 1. The van der Waals surface area contributed by atoms with Crippen molar-refractivity contribution in [3.05, 3.63) is 41.8 Å². The average Bonchev–Trinajstić information content (AvgIpc) is 2.77. The topological polar surface area (TPSA) is 64.9 Å². The number of rotatable bonds is 5. The molecule has 1 unspecified atom stereocenters. The number of hydrogen-bond acceptors (Lipinski definition) is 5. The zero-order valence-electron chi connectivity index (χ0n) is 9.67. The lowest BCUT2D eigenvalue weighted by atomic mass is 10.0. The maximum absolute atomic E-state index is 5.79. The Hall–Kier alpha value is -1.33. The van der Waals surface area contributed by atoms with E-state index in [1.54, 1.807) is 18.7 Å². The van der Waals surface area contributed by atoms with E-state index < -0.39 is 0 Å². The molecule has 4 nitrogen and oxygen atoms in total. The number of hydrogen-bond donors (Lipinski definition) is 1. The second kappa shape index (κ2) is 5.84. The van der Waals surface area contributed by atoms with Crippen LogP contribution in [0.1, 0.15) is 17.4 Å². The third-order valence-corrected chi connectivity index (χ3v) is 3.45. The average molecular weight is 249 g/mol. The summed E-state index contributed by atoms with van der Waals surface area (Å²) in [5.74, 6) is 1.76. The van der Waals surface area contributed by atoms with Crippen molar-refractivity contribution in [2.24, 2.45) is 5.73 Å². The van der Waals surface area contributed by atoms with Crippen LogP contribution in [0.4, 0.5) is 0 Å². The van der Waals surface area contributed by atoms with Gasteiger partial charge in [-0.25, -0.2) is 0 Å². The number of nitrogens with zero attached hydrogens (tertiary/aromatic N) is 2. The van der Waals surface area contributed by atoms with Crippen molar-refractivity contribution in [1.82, 2.24) is 10.2 Å². The summed E-state index contributed by atoms with van der Waals surface area (Å²) in [5.41, 5.74) is 7.04. The lowest BCUT2D eigenvalue weighted by molar-refractivity contribution is 0.429. The second-order valence-electron chi connectivity index (χ2n) is 3.74. The van der Waals surface area contributed by atoms with Crippen LogP contribution >= 0.6 is 11.8 Å². The van der Waals surface area contributed by atoms with Crippen LogP contribution in [0, 0.1) is 6.92 Å². The smallest absolute Gasteiger partial charge is 0.276 e. The first-order valence-electron chi connectivity index (χ1n) is 5.47. The number of aromatic nitrogens is 2. The van der Waals surface area contributed by atoms with E-state index in [-0.39, 0.29) is 0 Å². The summed E-state index contributed by atoms with van der Waals surface area (Å²) in [6.07, 6.45) is 0. The largest absolute Gasteiger partial charge is 0.416 e. The van der Waals surface area contributed by atoms with E-state index in [4.69, 9.17) is 10.2 Å². The third-order valence-electron chi connectivity index (χ3n) is 2.47. The molecule has 0 amide bonds. The van der Waals surface area contributed by atoms with Crippen molar-refractivity contribution < 1.29 is 4.42 Å². The highest BCUT2D eigenvalue weighted by Gasteiger charge is 2.12. The van der Waals surface area contributed by atoms with Crippen molar-refractivity contribution in [1.29, 1.82) is 0 Å². The molecule has 0 saturated heterocycles. The zero-order chi connectivity index (χ0) is 12.1. The molecule has 0 aliphatic carbocycles. The van der Waals surface area contributed by atoms with Gasteiger partial charge in [0.05, 0.1) is 0 Å². The van der Waals surface area contributed by atoms with Gasteiger partial charge in [-0.05, 0) is 12.1 Å². The Bertz CT molecular complexity index is 458. The van der Waals surface area contributed by atoms with Crippen LogP contribution in [-0.2, 0) is 0 Å². The van der Waals surface area contributed by atoms with Crippen molar-refractivity contribution in [3.8, 4) is 0 Å². The predicted molar refractivity (Wildman–Crippen MR) is 68.0 cm³/mol. The van der Waals surface area contributed by atoms with Gasteiger partial charge >= 0.3 is 0 Å². The standard InChI is InChI=1S/C12H15N3OS/c1-9-14-15-12(16-9)17-8-11(7-13)10-5-3-2-4-6-10/h2-6,11H,7-8,13H2,1H3. The van der Waals surface area contributed by atoms with Gasteiger partial charge in [0, 0.05) is 18.6 Å². The monoisotopic (exact) mass is 249 g/mol. The molecule has 2 rings (SSSR count). The van der Waals surface area contributed by atoms with E-state index in [9.17, 15) is 0 Å².